The van der Waals surface area contributed by atoms with E-state index in [1.54, 1.807) is 44.2 Å². The molecule has 1 aromatic carbocycles. The molecule has 1 amide bonds. The Morgan fingerprint density at radius 3 is 2.65 bits per heavy atom. The minimum absolute atomic E-state index is 0.149. The molecule has 7 nitrogen and oxygen atoms in total. The summed E-state index contributed by atoms with van der Waals surface area (Å²) in [7, 11) is -3.80. The quantitative estimate of drug-likeness (QED) is 0.893. The third-order valence-corrected chi connectivity index (χ3v) is 4.86. The molecule has 0 bridgehead atoms. The minimum Gasteiger partial charge on any atom is -0.448 e. The van der Waals surface area contributed by atoms with Crippen molar-refractivity contribution in [3.63, 3.8) is 0 Å². The van der Waals surface area contributed by atoms with Gasteiger partial charge in [0.2, 0.25) is 5.09 Å². The van der Waals surface area contributed by atoms with E-state index in [1.165, 1.54) is 6.07 Å². The zero-order valence-electron chi connectivity index (χ0n) is 12.6. The number of alkyl carbamates (subject to hydrolysis) is 1. The van der Waals surface area contributed by atoms with Crippen molar-refractivity contribution in [3.8, 4) is 0 Å². The number of hydrogen-bond donors (Lipinski definition) is 2. The number of sulfonamides is 1. The summed E-state index contributed by atoms with van der Waals surface area (Å²) in [5, 5.41) is 2.57. The second kappa shape index (κ2) is 5.31. The predicted octanol–water partition coefficient (Wildman–Crippen LogP) is 2.34. The maximum Gasteiger partial charge on any atom is 0.408 e. The van der Waals surface area contributed by atoms with E-state index in [0.717, 1.165) is 5.56 Å². The van der Waals surface area contributed by atoms with E-state index in [0.29, 0.717) is 11.4 Å². The van der Waals surface area contributed by atoms with E-state index in [4.69, 9.17) is 9.15 Å². The summed E-state index contributed by atoms with van der Waals surface area (Å²) in [5.41, 5.74) is 0.415. The van der Waals surface area contributed by atoms with Gasteiger partial charge in [-0.2, -0.15) is 8.42 Å². The van der Waals surface area contributed by atoms with Gasteiger partial charge >= 0.3 is 6.09 Å². The van der Waals surface area contributed by atoms with Crippen LogP contribution in [0, 0.1) is 6.92 Å². The average molecular weight is 336 g/mol. The monoisotopic (exact) mass is 336 g/mol. The van der Waals surface area contributed by atoms with Gasteiger partial charge in [0, 0.05) is 5.69 Å². The normalized spacial score (nSPS) is 20.9. The van der Waals surface area contributed by atoms with Gasteiger partial charge in [-0.05, 0) is 43.7 Å². The van der Waals surface area contributed by atoms with E-state index in [-0.39, 0.29) is 11.7 Å². The van der Waals surface area contributed by atoms with E-state index in [1.807, 2.05) is 0 Å². The lowest BCUT2D eigenvalue weighted by molar-refractivity contribution is 0.173. The first-order valence-electron chi connectivity index (χ1n) is 6.93. The summed E-state index contributed by atoms with van der Waals surface area (Å²) >= 11 is 0. The maximum absolute atomic E-state index is 12.3. The number of ether oxygens (including phenoxy) is 1. The summed E-state index contributed by atoms with van der Waals surface area (Å²) in [4.78, 5) is 11.3. The lowest BCUT2D eigenvalue weighted by Crippen LogP contribution is -2.37. The number of nitrogens with one attached hydrogen (secondary N) is 2. The van der Waals surface area contributed by atoms with E-state index >= 15 is 0 Å². The third-order valence-electron chi connectivity index (χ3n) is 3.60. The number of amides is 1. The molecule has 8 heteroatoms. The van der Waals surface area contributed by atoms with Crippen LogP contribution in [0.3, 0.4) is 0 Å². The average Bonchev–Trinajstić information content (AvgIpc) is 3.06. The molecule has 2 N–H and O–H groups in total. The third kappa shape index (κ3) is 3.02. The van der Waals surface area contributed by atoms with E-state index in [9.17, 15) is 13.2 Å². The largest absolute Gasteiger partial charge is 0.448 e. The topological polar surface area (TPSA) is 97.6 Å². The number of rotatable bonds is 4. The Morgan fingerprint density at radius 2 is 2.04 bits per heavy atom. The molecular formula is C15H16N2O5S. The number of aryl methyl sites for hydroxylation is 1. The molecule has 122 valence electrons. The Labute approximate surface area is 133 Å². The fourth-order valence-corrected chi connectivity index (χ4v) is 3.38. The first kappa shape index (κ1) is 15.4. The summed E-state index contributed by atoms with van der Waals surface area (Å²) in [6.45, 7) is 3.66. The lowest BCUT2D eigenvalue weighted by Gasteiger charge is -2.22. The van der Waals surface area contributed by atoms with Crippen LogP contribution in [0.4, 0.5) is 10.5 Å². The van der Waals surface area contributed by atoms with Crippen LogP contribution in [-0.2, 0) is 20.3 Å². The molecule has 1 saturated heterocycles. The molecular weight excluding hydrogens is 320 g/mol. The Bertz CT molecular complexity index is 858. The van der Waals surface area contributed by atoms with Crippen molar-refractivity contribution in [2.24, 2.45) is 0 Å². The van der Waals surface area contributed by atoms with Crippen LogP contribution in [0.2, 0.25) is 0 Å². The fraction of sp³-hybridized carbons (Fsp3) is 0.267. The minimum atomic E-state index is -3.80. The van der Waals surface area contributed by atoms with Crippen molar-refractivity contribution in [2.45, 2.75) is 24.5 Å². The lowest BCUT2D eigenvalue weighted by atomic mass is 9.93. The molecule has 1 atom stereocenters. The molecule has 0 radical (unpaired) electrons. The predicted molar refractivity (Wildman–Crippen MR) is 82.5 cm³/mol. The molecule has 3 rings (SSSR count). The molecule has 0 saturated carbocycles. The highest BCUT2D eigenvalue weighted by molar-refractivity contribution is 7.92. The molecule has 1 unspecified atom stereocenters. The Balaban J connectivity index is 1.87. The highest BCUT2D eigenvalue weighted by Gasteiger charge is 2.36. The van der Waals surface area contributed by atoms with Gasteiger partial charge in [-0.3, -0.25) is 4.72 Å². The van der Waals surface area contributed by atoms with E-state index < -0.39 is 21.7 Å². The van der Waals surface area contributed by atoms with Crippen molar-refractivity contribution in [1.29, 1.82) is 0 Å². The van der Waals surface area contributed by atoms with Gasteiger partial charge in [0.05, 0.1) is 5.54 Å². The van der Waals surface area contributed by atoms with Gasteiger partial charge in [-0.15, -0.1) is 0 Å². The SMILES string of the molecule is Cc1ccc(S(=O)(=O)Nc2cccc(C3(C)COC(=O)N3)c2)o1. The number of carbonyl (C=O) groups excluding carboxylic acids is 1. The van der Waals surface area contributed by atoms with Crippen molar-refractivity contribution < 1.29 is 22.4 Å². The molecule has 0 aliphatic carbocycles. The number of benzene rings is 1. The van der Waals surface area contributed by atoms with Crippen molar-refractivity contribution in [2.75, 3.05) is 11.3 Å². The van der Waals surface area contributed by atoms with Crippen molar-refractivity contribution in [1.82, 2.24) is 5.32 Å². The standard InChI is InChI=1S/C15H16N2O5S/c1-10-6-7-13(22-10)23(19,20)17-12-5-3-4-11(8-12)15(2)9-21-14(18)16-15/h3-8,17H,9H2,1-2H3,(H,16,18). The Hall–Kier alpha value is -2.48. The number of carbonyl (C=O) groups is 1. The van der Waals surface area contributed by atoms with E-state index in [2.05, 4.69) is 10.0 Å². The summed E-state index contributed by atoms with van der Waals surface area (Å²) < 4.78 is 37.1. The fourth-order valence-electron chi connectivity index (χ4n) is 2.35. The van der Waals surface area contributed by atoms with Gasteiger partial charge in [0.1, 0.15) is 12.4 Å². The molecule has 23 heavy (non-hydrogen) atoms. The molecule has 1 aromatic heterocycles. The molecule has 1 aliphatic heterocycles. The summed E-state index contributed by atoms with van der Waals surface area (Å²) in [6, 6.07) is 9.76. The highest BCUT2D eigenvalue weighted by Crippen LogP contribution is 2.28. The molecule has 2 heterocycles. The number of cyclic esters (lactones) is 1. The molecule has 2 aromatic rings. The summed E-state index contributed by atoms with van der Waals surface area (Å²) in [6.07, 6.45) is -0.496. The van der Waals surface area contributed by atoms with Crippen LogP contribution in [-0.4, -0.2) is 21.1 Å². The van der Waals surface area contributed by atoms with Crippen LogP contribution in [0.1, 0.15) is 18.2 Å². The molecule has 1 aliphatic rings. The first-order chi connectivity index (χ1) is 10.8. The first-order valence-corrected chi connectivity index (χ1v) is 8.42. The second-order valence-electron chi connectivity index (χ2n) is 5.58. The number of anilines is 1. The van der Waals surface area contributed by atoms with Crippen LogP contribution in [0.5, 0.6) is 0 Å². The smallest absolute Gasteiger partial charge is 0.408 e. The number of furan rings is 1. The van der Waals surface area contributed by atoms with Crippen LogP contribution < -0.4 is 10.0 Å². The zero-order valence-corrected chi connectivity index (χ0v) is 13.4. The van der Waals surface area contributed by atoms with Crippen LogP contribution >= 0.6 is 0 Å². The Morgan fingerprint density at radius 1 is 1.26 bits per heavy atom. The van der Waals surface area contributed by atoms with Gasteiger partial charge in [0.25, 0.3) is 10.0 Å². The maximum atomic E-state index is 12.3. The van der Waals surface area contributed by atoms with Crippen LogP contribution in [0.25, 0.3) is 0 Å². The van der Waals surface area contributed by atoms with Crippen molar-refractivity contribution in [3.05, 3.63) is 47.7 Å². The van der Waals surface area contributed by atoms with Crippen LogP contribution in [0.15, 0.2) is 45.9 Å². The molecule has 0 spiro atoms. The number of hydrogen-bond acceptors (Lipinski definition) is 5. The highest BCUT2D eigenvalue weighted by atomic mass is 32.2. The zero-order chi connectivity index (χ0) is 16.7. The molecule has 1 fully saturated rings. The summed E-state index contributed by atoms with van der Waals surface area (Å²) in [5.74, 6) is 0.512. The Kier molecular flexibility index (Phi) is 3.56. The second-order valence-corrected chi connectivity index (χ2v) is 7.20. The van der Waals surface area contributed by atoms with Gasteiger partial charge in [0.15, 0.2) is 0 Å². The van der Waals surface area contributed by atoms with Gasteiger partial charge < -0.3 is 14.5 Å². The van der Waals surface area contributed by atoms with Crippen molar-refractivity contribution >= 4 is 21.8 Å². The van der Waals surface area contributed by atoms with Gasteiger partial charge in [-0.25, -0.2) is 4.79 Å². The van der Waals surface area contributed by atoms with Gasteiger partial charge in [-0.1, -0.05) is 12.1 Å².